The average molecular weight is 346 g/mol. The highest BCUT2D eigenvalue weighted by Gasteiger charge is 2.14. The van der Waals surface area contributed by atoms with Crippen molar-refractivity contribution >= 4 is 34.8 Å². The van der Waals surface area contributed by atoms with Gasteiger partial charge in [0, 0.05) is 26.2 Å². The van der Waals surface area contributed by atoms with Crippen molar-refractivity contribution in [2.75, 3.05) is 19.0 Å². The molecule has 1 aromatic carbocycles. The van der Waals surface area contributed by atoms with E-state index in [-0.39, 0.29) is 18.4 Å². The first-order valence-corrected chi connectivity index (χ1v) is 8.20. The summed E-state index contributed by atoms with van der Waals surface area (Å²) in [5.41, 5.74) is 1.94. The molecule has 2 rings (SSSR count). The molecule has 0 aliphatic heterocycles. The fourth-order valence-electron chi connectivity index (χ4n) is 1.96. The molecule has 24 heavy (non-hydrogen) atoms. The van der Waals surface area contributed by atoms with Gasteiger partial charge in [0.25, 0.3) is 5.91 Å². The van der Waals surface area contributed by atoms with Crippen molar-refractivity contribution in [3.05, 3.63) is 52.2 Å². The number of anilines is 1. The molecule has 0 aliphatic carbocycles. The van der Waals surface area contributed by atoms with Crippen molar-refractivity contribution in [1.82, 2.24) is 4.90 Å². The normalized spacial score (nSPS) is 10.1. The molecule has 0 atom stereocenters. The summed E-state index contributed by atoms with van der Waals surface area (Å²) in [6.45, 7) is 1.57. The van der Waals surface area contributed by atoms with Gasteiger partial charge in [-0.1, -0.05) is 0 Å². The van der Waals surface area contributed by atoms with Crippen molar-refractivity contribution in [3.63, 3.8) is 0 Å². The summed E-state index contributed by atoms with van der Waals surface area (Å²) in [6, 6.07) is 8.21. The van der Waals surface area contributed by atoms with Crippen LogP contribution in [0.1, 0.15) is 22.8 Å². The number of carbonyl (C=O) groups excluding carboxylic acids is 3. The molecule has 0 saturated heterocycles. The molecule has 2 amide bonds. The van der Waals surface area contributed by atoms with Crippen molar-refractivity contribution in [2.24, 2.45) is 0 Å². The Hall–Kier alpha value is -2.67. The standard InChI is InChI=1S/C17H18N2O4S/c1-12(20)18-15-5-3-14(4-6-15)17(22)23-10-16(21)19(2)9-13-7-8-24-11-13/h3-8,11H,9-10H2,1-2H3,(H,18,20). The number of hydrogen-bond acceptors (Lipinski definition) is 5. The highest BCUT2D eigenvalue weighted by Crippen LogP contribution is 2.11. The van der Waals surface area contributed by atoms with Crippen molar-refractivity contribution in [2.45, 2.75) is 13.5 Å². The molecule has 0 radical (unpaired) electrons. The number of amides is 2. The Morgan fingerprint density at radius 1 is 1.17 bits per heavy atom. The second kappa shape index (κ2) is 8.26. The van der Waals surface area contributed by atoms with Crippen LogP contribution < -0.4 is 5.32 Å². The van der Waals surface area contributed by atoms with Gasteiger partial charge in [0.2, 0.25) is 5.91 Å². The lowest BCUT2D eigenvalue weighted by molar-refractivity contribution is -0.133. The number of ether oxygens (including phenoxy) is 1. The summed E-state index contributed by atoms with van der Waals surface area (Å²) < 4.78 is 5.04. The molecular weight excluding hydrogens is 328 g/mol. The lowest BCUT2D eigenvalue weighted by atomic mass is 10.2. The van der Waals surface area contributed by atoms with Gasteiger partial charge in [0.05, 0.1) is 5.56 Å². The van der Waals surface area contributed by atoms with Crippen LogP contribution in [0.5, 0.6) is 0 Å². The molecule has 7 heteroatoms. The fourth-order valence-corrected chi connectivity index (χ4v) is 2.62. The van der Waals surface area contributed by atoms with Crippen LogP contribution in [0.25, 0.3) is 0 Å². The zero-order chi connectivity index (χ0) is 17.5. The summed E-state index contributed by atoms with van der Waals surface area (Å²) in [6.07, 6.45) is 0. The molecule has 126 valence electrons. The number of rotatable bonds is 6. The minimum absolute atomic E-state index is 0.190. The van der Waals surface area contributed by atoms with E-state index in [2.05, 4.69) is 5.32 Å². The van der Waals surface area contributed by atoms with Crippen LogP contribution in [0, 0.1) is 0 Å². The zero-order valence-electron chi connectivity index (χ0n) is 13.4. The molecule has 0 aliphatic rings. The van der Waals surface area contributed by atoms with Crippen molar-refractivity contribution < 1.29 is 19.1 Å². The topological polar surface area (TPSA) is 75.7 Å². The summed E-state index contributed by atoms with van der Waals surface area (Å²) in [5, 5.41) is 6.51. The van der Waals surface area contributed by atoms with Gasteiger partial charge in [-0.25, -0.2) is 4.79 Å². The van der Waals surface area contributed by atoms with Gasteiger partial charge in [-0.3, -0.25) is 9.59 Å². The van der Waals surface area contributed by atoms with Crippen molar-refractivity contribution in [1.29, 1.82) is 0 Å². The van der Waals surface area contributed by atoms with Gasteiger partial charge in [-0.15, -0.1) is 0 Å². The number of nitrogens with zero attached hydrogens (tertiary/aromatic N) is 1. The average Bonchev–Trinajstić information content (AvgIpc) is 3.05. The van der Waals surface area contributed by atoms with E-state index < -0.39 is 5.97 Å². The van der Waals surface area contributed by atoms with E-state index in [1.165, 1.54) is 24.0 Å². The van der Waals surface area contributed by atoms with Gasteiger partial charge < -0.3 is 15.0 Å². The first kappa shape index (κ1) is 17.7. The minimum Gasteiger partial charge on any atom is -0.452 e. The van der Waals surface area contributed by atoms with E-state index in [0.717, 1.165) is 5.56 Å². The SMILES string of the molecule is CC(=O)Nc1ccc(C(=O)OCC(=O)N(C)Cc2ccsc2)cc1. The number of thiophene rings is 1. The largest absolute Gasteiger partial charge is 0.452 e. The number of nitrogens with one attached hydrogen (secondary N) is 1. The molecule has 0 spiro atoms. The van der Waals surface area contributed by atoms with Gasteiger partial charge >= 0.3 is 5.97 Å². The number of carbonyl (C=O) groups is 3. The smallest absolute Gasteiger partial charge is 0.338 e. The third-order valence-electron chi connectivity index (χ3n) is 3.19. The molecule has 0 saturated carbocycles. The molecule has 2 aromatic rings. The third kappa shape index (κ3) is 5.20. The molecule has 1 N–H and O–H groups in total. The van der Waals surface area contributed by atoms with E-state index in [9.17, 15) is 14.4 Å². The molecular formula is C17H18N2O4S. The monoisotopic (exact) mass is 346 g/mol. The van der Waals surface area contributed by atoms with E-state index in [4.69, 9.17) is 4.74 Å². The predicted octanol–water partition coefficient (Wildman–Crippen LogP) is 2.52. The molecule has 0 bridgehead atoms. The summed E-state index contributed by atoms with van der Waals surface area (Å²) in [4.78, 5) is 36.4. The van der Waals surface area contributed by atoms with Crippen LogP contribution in [0.2, 0.25) is 0 Å². The maximum absolute atomic E-state index is 12.0. The van der Waals surface area contributed by atoms with E-state index in [1.807, 2.05) is 16.8 Å². The highest BCUT2D eigenvalue weighted by molar-refractivity contribution is 7.07. The Balaban J connectivity index is 1.83. The maximum atomic E-state index is 12.0. The zero-order valence-corrected chi connectivity index (χ0v) is 14.3. The van der Waals surface area contributed by atoms with Crippen LogP contribution in [-0.4, -0.2) is 36.3 Å². The predicted molar refractivity (Wildman–Crippen MR) is 91.8 cm³/mol. The molecule has 0 unspecified atom stereocenters. The molecule has 1 aromatic heterocycles. The number of benzene rings is 1. The number of likely N-dealkylation sites (N-methyl/N-ethyl adjacent to an activating group) is 1. The van der Waals surface area contributed by atoms with Crippen LogP contribution in [0.15, 0.2) is 41.1 Å². The van der Waals surface area contributed by atoms with Crippen LogP contribution in [0.4, 0.5) is 5.69 Å². The second-order valence-corrected chi connectivity index (χ2v) is 6.00. The number of hydrogen-bond donors (Lipinski definition) is 1. The summed E-state index contributed by atoms with van der Waals surface area (Å²) >= 11 is 1.56. The van der Waals surface area contributed by atoms with Crippen LogP contribution in [0.3, 0.4) is 0 Å². The molecule has 1 heterocycles. The Morgan fingerprint density at radius 2 is 1.88 bits per heavy atom. The molecule has 6 nitrogen and oxygen atoms in total. The summed E-state index contributed by atoms with van der Waals surface area (Å²) in [7, 11) is 1.66. The third-order valence-corrected chi connectivity index (χ3v) is 3.93. The second-order valence-electron chi connectivity index (χ2n) is 5.22. The van der Waals surface area contributed by atoms with Crippen LogP contribution >= 0.6 is 11.3 Å². The number of esters is 1. The first-order valence-electron chi connectivity index (χ1n) is 7.25. The highest BCUT2D eigenvalue weighted by atomic mass is 32.1. The quantitative estimate of drug-likeness (QED) is 0.816. The van der Waals surface area contributed by atoms with Gasteiger partial charge in [-0.05, 0) is 46.7 Å². The minimum atomic E-state index is -0.582. The van der Waals surface area contributed by atoms with Crippen molar-refractivity contribution in [3.8, 4) is 0 Å². The molecule has 0 fully saturated rings. The lowest BCUT2D eigenvalue weighted by Crippen LogP contribution is -2.30. The van der Waals surface area contributed by atoms with Crippen LogP contribution in [-0.2, 0) is 20.9 Å². The Labute approximate surface area is 144 Å². The van der Waals surface area contributed by atoms with E-state index in [0.29, 0.717) is 17.8 Å². The maximum Gasteiger partial charge on any atom is 0.338 e. The van der Waals surface area contributed by atoms with Gasteiger partial charge in [0.15, 0.2) is 6.61 Å². The summed E-state index contributed by atoms with van der Waals surface area (Å²) in [5.74, 6) is -1.05. The lowest BCUT2D eigenvalue weighted by Gasteiger charge is -2.16. The van der Waals surface area contributed by atoms with Gasteiger partial charge in [-0.2, -0.15) is 11.3 Å². The van der Waals surface area contributed by atoms with E-state index in [1.54, 1.807) is 30.5 Å². The Bertz CT molecular complexity index is 711. The Morgan fingerprint density at radius 3 is 2.46 bits per heavy atom. The first-order chi connectivity index (χ1) is 11.5. The van der Waals surface area contributed by atoms with Gasteiger partial charge in [0.1, 0.15) is 0 Å². The van der Waals surface area contributed by atoms with E-state index >= 15 is 0 Å². The Kier molecular flexibility index (Phi) is 6.08. The fraction of sp³-hybridized carbons (Fsp3) is 0.235.